The molecule has 2 aliphatic rings. The van der Waals surface area contributed by atoms with E-state index in [1.807, 2.05) is 49.4 Å². The van der Waals surface area contributed by atoms with Crippen LogP contribution in [0.15, 0.2) is 49.1 Å². The monoisotopic (exact) mass is 494 g/mol. The SMILES string of the molecule is CCNC(=O)Nc1ncnc2c1ncn2C1OC(CCC(=O)O)C2O[C@H](/C=C/c3ccccc3)O[C@@H]21. The molecule has 2 amide bonds. The first-order valence-corrected chi connectivity index (χ1v) is 11.7. The van der Waals surface area contributed by atoms with Gasteiger partial charge in [-0.3, -0.25) is 14.7 Å². The highest BCUT2D eigenvalue weighted by molar-refractivity contribution is 5.95. The molecular formula is C24H26N6O6. The number of aromatic nitrogens is 4. The second-order valence-electron chi connectivity index (χ2n) is 8.37. The number of imidazole rings is 1. The molecule has 5 atom stereocenters. The molecule has 0 bridgehead atoms. The van der Waals surface area contributed by atoms with Crippen LogP contribution in [0.2, 0.25) is 0 Å². The second-order valence-corrected chi connectivity index (χ2v) is 8.37. The molecule has 12 heteroatoms. The molecule has 3 unspecified atom stereocenters. The van der Waals surface area contributed by atoms with Gasteiger partial charge in [-0.25, -0.2) is 19.7 Å². The number of carbonyl (C=O) groups is 2. The molecule has 0 saturated carbocycles. The number of carbonyl (C=O) groups excluding carboxylic acids is 1. The van der Waals surface area contributed by atoms with Crippen molar-refractivity contribution in [2.24, 2.45) is 0 Å². The molecule has 2 saturated heterocycles. The number of anilines is 1. The zero-order valence-corrected chi connectivity index (χ0v) is 19.5. The number of nitrogens with zero attached hydrogens (tertiary/aromatic N) is 4. The lowest BCUT2D eigenvalue weighted by Crippen LogP contribution is -2.29. The largest absolute Gasteiger partial charge is 0.481 e. The van der Waals surface area contributed by atoms with Crippen LogP contribution in [0.3, 0.4) is 0 Å². The minimum absolute atomic E-state index is 0.0675. The van der Waals surface area contributed by atoms with Gasteiger partial charge in [-0.2, -0.15) is 0 Å². The van der Waals surface area contributed by atoms with Crippen molar-refractivity contribution >= 4 is 35.1 Å². The molecule has 2 fully saturated rings. The molecule has 2 aliphatic heterocycles. The summed E-state index contributed by atoms with van der Waals surface area (Å²) in [7, 11) is 0. The lowest BCUT2D eigenvalue weighted by Gasteiger charge is -2.20. The summed E-state index contributed by atoms with van der Waals surface area (Å²) in [6.45, 7) is 2.27. The van der Waals surface area contributed by atoms with Crippen molar-refractivity contribution < 1.29 is 28.9 Å². The van der Waals surface area contributed by atoms with Gasteiger partial charge in [-0.15, -0.1) is 0 Å². The highest BCUT2D eigenvalue weighted by Crippen LogP contribution is 2.42. The summed E-state index contributed by atoms with van der Waals surface area (Å²) in [6, 6.07) is 9.36. The summed E-state index contributed by atoms with van der Waals surface area (Å²) in [5.74, 6) is -0.658. The Balaban J connectivity index is 1.41. The van der Waals surface area contributed by atoms with Gasteiger partial charge in [0, 0.05) is 13.0 Å². The number of hydrogen-bond acceptors (Lipinski definition) is 8. The molecule has 2 aromatic heterocycles. The first-order valence-electron chi connectivity index (χ1n) is 11.7. The van der Waals surface area contributed by atoms with Crippen molar-refractivity contribution in [1.29, 1.82) is 0 Å². The van der Waals surface area contributed by atoms with E-state index in [0.29, 0.717) is 17.7 Å². The summed E-state index contributed by atoms with van der Waals surface area (Å²) in [6.07, 6.45) is 3.99. The molecule has 3 aromatic rings. The summed E-state index contributed by atoms with van der Waals surface area (Å²) < 4.78 is 20.3. The molecule has 188 valence electrons. The van der Waals surface area contributed by atoms with E-state index in [-0.39, 0.29) is 18.7 Å². The smallest absolute Gasteiger partial charge is 0.320 e. The molecule has 12 nitrogen and oxygen atoms in total. The quantitative estimate of drug-likeness (QED) is 0.429. The highest BCUT2D eigenvalue weighted by atomic mass is 16.8. The van der Waals surface area contributed by atoms with Crippen molar-refractivity contribution in [3.8, 4) is 0 Å². The van der Waals surface area contributed by atoms with Crippen molar-refractivity contribution in [2.45, 2.75) is 50.6 Å². The molecule has 4 heterocycles. The maximum absolute atomic E-state index is 12.0. The third kappa shape index (κ3) is 4.91. The Labute approximate surface area is 206 Å². The van der Waals surface area contributed by atoms with E-state index >= 15 is 0 Å². The Morgan fingerprint density at radius 2 is 1.92 bits per heavy atom. The predicted octanol–water partition coefficient (Wildman–Crippen LogP) is 2.55. The van der Waals surface area contributed by atoms with Crippen LogP contribution in [-0.2, 0) is 19.0 Å². The molecule has 0 radical (unpaired) electrons. The molecule has 3 N–H and O–H groups in total. The van der Waals surface area contributed by atoms with Crippen LogP contribution in [0.25, 0.3) is 17.2 Å². The topological polar surface area (TPSA) is 150 Å². The first kappa shape index (κ1) is 23.9. The summed E-state index contributed by atoms with van der Waals surface area (Å²) >= 11 is 0. The van der Waals surface area contributed by atoms with E-state index in [4.69, 9.17) is 14.2 Å². The van der Waals surface area contributed by atoms with Crippen LogP contribution < -0.4 is 10.6 Å². The van der Waals surface area contributed by atoms with E-state index in [1.54, 1.807) is 10.9 Å². The van der Waals surface area contributed by atoms with E-state index in [9.17, 15) is 14.7 Å². The number of aliphatic carboxylic acids is 1. The second kappa shape index (κ2) is 10.4. The average Bonchev–Trinajstić information content (AvgIpc) is 3.56. The number of amides is 2. The zero-order chi connectivity index (χ0) is 25.1. The standard InChI is InChI=1S/C24H26N6O6/c1-2-25-24(33)29-21-18-22(27-12-26-21)30(13-28-18)23-20-19(15(34-23)9-10-16(31)32)35-17(36-20)11-8-14-6-4-3-5-7-14/h3-8,11-13,15,17,19-20,23H,2,9-10H2,1H3,(H,31,32)(H2,25,26,27,29,33)/b11-8+/t15?,17-,19?,20-,23?/m0/s1. The number of fused-ring (bicyclic) bond motifs is 2. The fraction of sp³-hybridized carbons (Fsp3) is 0.375. The number of urea groups is 1. The number of carboxylic acids is 1. The molecule has 5 rings (SSSR count). The fourth-order valence-electron chi connectivity index (χ4n) is 4.37. The Morgan fingerprint density at radius 1 is 1.11 bits per heavy atom. The summed E-state index contributed by atoms with van der Waals surface area (Å²) in [5, 5.41) is 14.5. The number of rotatable bonds is 8. The molecule has 1 aromatic carbocycles. The van der Waals surface area contributed by atoms with Crippen LogP contribution in [0, 0.1) is 0 Å². The fourth-order valence-corrected chi connectivity index (χ4v) is 4.37. The number of ether oxygens (including phenoxy) is 3. The molecule has 0 spiro atoms. The summed E-state index contributed by atoms with van der Waals surface area (Å²) in [5.41, 5.74) is 1.82. The number of hydrogen-bond donors (Lipinski definition) is 3. The number of nitrogens with one attached hydrogen (secondary N) is 2. The van der Waals surface area contributed by atoms with Gasteiger partial charge in [0.1, 0.15) is 18.5 Å². The number of carboxylic acid groups (broad SMARTS) is 1. The van der Waals surface area contributed by atoms with Gasteiger partial charge in [0.05, 0.1) is 12.4 Å². The van der Waals surface area contributed by atoms with Gasteiger partial charge < -0.3 is 24.6 Å². The van der Waals surface area contributed by atoms with Crippen molar-refractivity contribution in [3.63, 3.8) is 0 Å². The van der Waals surface area contributed by atoms with Gasteiger partial charge in [0.25, 0.3) is 0 Å². The van der Waals surface area contributed by atoms with E-state index in [1.165, 1.54) is 6.33 Å². The Morgan fingerprint density at radius 3 is 2.69 bits per heavy atom. The molecule has 0 aliphatic carbocycles. The Hall–Kier alpha value is -3.87. The molecular weight excluding hydrogens is 468 g/mol. The maximum Gasteiger partial charge on any atom is 0.320 e. The zero-order valence-electron chi connectivity index (χ0n) is 19.5. The first-order chi connectivity index (χ1) is 17.5. The third-order valence-corrected chi connectivity index (χ3v) is 5.96. The minimum Gasteiger partial charge on any atom is -0.481 e. The maximum atomic E-state index is 12.0. The normalized spacial score (nSPS) is 25.3. The van der Waals surface area contributed by atoms with Gasteiger partial charge in [-0.05, 0) is 25.0 Å². The molecule has 36 heavy (non-hydrogen) atoms. The van der Waals surface area contributed by atoms with Crippen molar-refractivity contribution in [1.82, 2.24) is 24.8 Å². The van der Waals surface area contributed by atoms with Crippen LogP contribution in [-0.4, -0.2) is 67.8 Å². The summed E-state index contributed by atoms with van der Waals surface area (Å²) in [4.78, 5) is 36.1. The van der Waals surface area contributed by atoms with E-state index < -0.39 is 42.8 Å². The van der Waals surface area contributed by atoms with E-state index in [0.717, 1.165) is 5.56 Å². The highest BCUT2D eigenvalue weighted by Gasteiger charge is 2.53. The van der Waals surface area contributed by atoms with Crippen LogP contribution >= 0.6 is 0 Å². The van der Waals surface area contributed by atoms with Gasteiger partial charge in [0.15, 0.2) is 29.5 Å². The van der Waals surface area contributed by atoms with Crippen LogP contribution in [0.5, 0.6) is 0 Å². The lowest BCUT2D eigenvalue weighted by atomic mass is 10.1. The number of benzene rings is 1. The third-order valence-electron chi connectivity index (χ3n) is 5.96. The van der Waals surface area contributed by atoms with E-state index in [2.05, 4.69) is 25.6 Å². The average molecular weight is 495 g/mol. The predicted molar refractivity (Wildman–Crippen MR) is 128 cm³/mol. The van der Waals surface area contributed by atoms with Gasteiger partial charge >= 0.3 is 12.0 Å². The Bertz CT molecular complexity index is 1260. The Kier molecular flexibility index (Phi) is 6.89. The van der Waals surface area contributed by atoms with Crippen LogP contribution in [0.4, 0.5) is 10.6 Å². The van der Waals surface area contributed by atoms with Crippen LogP contribution in [0.1, 0.15) is 31.6 Å². The van der Waals surface area contributed by atoms with Crippen molar-refractivity contribution in [3.05, 3.63) is 54.6 Å². The van der Waals surface area contributed by atoms with Crippen molar-refractivity contribution in [2.75, 3.05) is 11.9 Å². The minimum atomic E-state index is -0.917. The van der Waals surface area contributed by atoms with Gasteiger partial charge in [0.2, 0.25) is 0 Å². The van der Waals surface area contributed by atoms with Gasteiger partial charge in [-0.1, -0.05) is 36.4 Å². The lowest BCUT2D eigenvalue weighted by molar-refractivity contribution is -0.141.